The lowest BCUT2D eigenvalue weighted by atomic mass is 9.87. The van der Waals surface area contributed by atoms with Crippen molar-refractivity contribution in [1.29, 1.82) is 0 Å². The lowest BCUT2D eigenvalue weighted by molar-refractivity contribution is 0.382. The van der Waals surface area contributed by atoms with Crippen LogP contribution in [0.5, 0.6) is 0 Å². The van der Waals surface area contributed by atoms with Crippen LogP contribution >= 0.6 is 0 Å². The van der Waals surface area contributed by atoms with Gasteiger partial charge in [-0.25, -0.2) is 0 Å². The van der Waals surface area contributed by atoms with Crippen LogP contribution in [0.3, 0.4) is 0 Å². The zero-order valence-corrected chi connectivity index (χ0v) is 16.5. The fourth-order valence-electron chi connectivity index (χ4n) is 3.89. The predicted molar refractivity (Wildman–Crippen MR) is 113 cm³/mol. The van der Waals surface area contributed by atoms with Gasteiger partial charge in [-0.15, -0.1) is 0 Å². The van der Waals surface area contributed by atoms with Crippen LogP contribution < -0.4 is 5.32 Å². The fraction of sp³-hybridized carbons (Fsp3) is 0.458. The van der Waals surface area contributed by atoms with E-state index in [0.29, 0.717) is 12.0 Å². The van der Waals surface area contributed by atoms with Crippen molar-refractivity contribution in [3.63, 3.8) is 0 Å². The van der Waals surface area contributed by atoms with Crippen molar-refractivity contribution in [3.05, 3.63) is 65.4 Å². The number of rotatable bonds is 5. The van der Waals surface area contributed by atoms with Gasteiger partial charge in [0.1, 0.15) is 0 Å². The Morgan fingerprint density at radius 1 is 1.15 bits per heavy atom. The first kappa shape index (κ1) is 18.7. The SMILES string of the molecule is C=C(NC1C=CC(C(C)=Nc2cc(C)ccc2C)=CC1)C1CCCCC1. The van der Waals surface area contributed by atoms with Crippen LogP contribution in [0.1, 0.15) is 56.6 Å². The van der Waals surface area contributed by atoms with Gasteiger partial charge in [0.2, 0.25) is 0 Å². The van der Waals surface area contributed by atoms with Crippen molar-refractivity contribution in [3.8, 4) is 0 Å². The minimum absolute atomic E-state index is 0.363. The Balaban J connectivity index is 1.60. The Morgan fingerprint density at radius 3 is 2.62 bits per heavy atom. The summed E-state index contributed by atoms with van der Waals surface area (Å²) in [5.41, 5.74) is 7.09. The number of nitrogens with one attached hydrogen (secondary N) is 1. The van der Waals surface area contributed by atoms with Crippen molar-refractivity contribution in [1.82, 2.24) is 5.32 Å². The van der Waals surface area contributed by atoms with Crippen LogP contribution in [-0.2, 0) is 0 Å². The van der Waals surface area contributed by atoms with Crippen LogP contribution in [0.2, 0.25) is 0 Å². The van der Waals surface area contributed by atoms with Crippen molar-refractivity contribution in [2.24, 2.45) is 10.9 Å². The van der Waals surface area contributed by atoms with Crippen LogP contribution in [0.25, 0.3) is 0 Å². The molecule has 1 unspecified atom stereocenters. The van der Waals surface area contributed by atoms with E-state index in [-0.39, 0.29) is 0 Å². The topological polar surface area (TPSA) is 24.4 Å². The molecule has 0 aliphatic heterocycles. The molecule has 0 bridgehead atoms. The largest absolute Gasteiger partial charge is 0.382 e. The highest BCUT2D eigenvalue weighted by molar-refractivity contribution is 6.02. The minimum atomic E-state index is 0.363. The summed E-state index contributed by atoms with van der Waals surface area (Å²) < 4.78 is 0. The number of aryl methyl sites for hydroxylation is 2. The van der Waals surface area contributed by atoms with Gasteiger partial charge in [-0.05, 0) is 68.7 Å². The second-order valence-electron chi connectivity index (χ2n) is 7.85. The molecular weight excluding hydrogens is 316 g/mol. The van der Waals surface area contributed by atoms with Gasteiger partial charge in [-0.3, -0.25) is 4.99 Å². The van der Waals surface area contributed by atoms with Crippen molar-refractivity contribution in [2.45, 2.75) is 65.3 Å². The third kappa shape index (κ3) is 4.75. The van der Waals surface area contributed by atoms with E-state index in [1.54, 1.807) is 0 Å². The summed E-state index contributed by atoms with van der Waals surface area (Å²) in [4.78, 5) is 4.86. The molecule has 2 heteroatoms. The maximum Gasteiger partial charge on any atom is 0.0664 e. The summed E-state index contributed by atoms with van der Waals surface area (Å²) in [5, 5.41) is 3.65. The van der Waals surface area contributed by atoms with Gasteiger partial charge >= 0.3 is 0 Å². The van der Waals surface area contributed by atoms with Gasteiger partial charge in [-0.1, -0.05) is 56.2 Å². The van der Waals surface area contributed by atoms with Gasteiger partial charge < -0.3 is 5.32 Å². The first-order valence-electron chi connectivity index (χ1n) is 9.99. The predicted octanol–water partition coefficient (Wildman–Crippen LogP) is 6.33. The second kappa shape index (κ2) is 8.53. The summed E-state index contributed by atoms with van der Waals surface area (Å²) in [6, 6.07) is 6.80. The molecule has 3 rings (SSSR count). The van der Waals surface area contributed by atoms with Crippen LogP contribution in [-0.4, -0.2) is 11.8 Å². The molecule has 0 radical (unpaired) electrons. The van der Waals surface area contributed by atoms with E-state index >= 15 is 0 Å². The molecule has 2 aliphatic rings. The van der Waals surface area contributed by atoms with E-state index in [1.165, 1.54) is 54.5 Å². The number of hydrogen-bond acceptors (Lipinski definition) is 2. The fourth-order valence-corrected chi connectivity index (χ4v) is 3.89. The van der Waals surface area contributed by atoms with Gasteiger partial charge in [0.15, 0.2) is 0 Å². The van der Waals surface area contributed by atoms with Crippen molar-refractivity contribution >= 4 is 11.4 Å². The van der Waals surface area contributed by atoms with Gasteiger partial charge in [0.05, 0.1) is 5.69 Å². The molecule has 0 aromatic heterocycles. The third-order valence-corrected chi connectivity index (χ3v) is 5.64. The molecule has 2 aliphatic carbocycles. The first-order chi connectivity index (χ1) is 12.5. The maximum atomic E-state index is 4.86. The van der Waals surface area contributed by atoms with Crippen LogP contribution in [0, 0.1) is 19.8 Å². The molecule has 1 fully saturated rings. The lowest BCUT2D eigenvalue weighted by Crippen LogP contribution is -2.31. The maximum absolute atomic E-state index is 4.86. The average Bonchev–Trinajstić information content (AvgIpc) is 2.66. The van der Waals surface area contributed by atoms with E-state index < -0.39 is 0 Å². The van der Waals surface area contributed by atoms with Gasteiger partial charge in [-0.2, -0.15) is 0 Å². The number of allylic oxidation sites excluding steroid dienone is 3. The van der Waals surface area contributed by atoms with E-state index in [0.717, 1.165) is 17.8 Å². The van der Waals surface area contributed by atoms with E-state index in [2.05, 4.69) is 69.1 Å². The average molecular weight is 349 g/mol. The summed E-state index contributed by atoms with van der Waals surface area (Å²) in [6.45, 7) is 10.6. The first-order valence-corrected chi connectivity index (χ1v) is 9.99. The Morgan fingerprint density at radius 2 is 1.92 bits per heavy atom. The normalized spacial score (nSPS) is 21.4. The molecule has 2 nitrogen and oxygen atoms in total. The standard InChI is InChI=1S/C24H32N2/c1-17-10-11-18(2)24(16-17)26-20(4)22-12-14-23(15-13-22)25-19(3)21-8-6-5-7-9-21/h10-14,16,21,23,25H,3,5-9,15H2,1-2,4H3. The third-order valence-electron chi connectivity index (χ3n) is 5.64. The van der Waals surface area contributed by atoms with Crippen molar-refractivity contribution in [2.75, 3.05) is 0 Å². The second-order valence-corrected chi connectivity index (χ2v) is 7.85. The molecule has 0 heterocycles. The van der Waals surface area contributed by atoms with Crippen LogP contribution in [0.15, 0.2) is 59.3 Å². The Bertz CT molecular complexity index is 745. The summed E-state index contributed by atoms with van der Waals surface area (Å²) in [7, 11) is 0. The molecule has 26 heavy (non-hydrogen) atoms. The molecular formula is C24H32N2. The van der Waals surface area contributed by atoms with Gasteiger partial charge in [0.25, 0.3) is 0 Å². The molecule has 1 saturated carbocycles. The van der Waals surface area contributed by atoms with Crippen LogP contribution in [0.4, 0.5) is 5.69 Å². The van der Waals surface area contributed by atoms with E-state index in [1.807, 2.05) is 0 Å². The minimum Gasteiger partial charge on any atom is -0.382 e. The lowest BCUT2D eigenvalue weighted by Gasteiger charge is -2.28. The molecule has 0 saturated heterocycles. The Kier molecular flexibility index (Phi) is 6.13. The highest BCUT2D eigenvalue weighted by Gasteiger charge is 2.19. The zero-order valence-electron chi connectivity index (χ0n) is 16.5. The smallest absolute Gasteiger partial charge is 0.0664 e. The number of aliphatic imine (C=N–C) groups is 1. The zero-order chi connectivity index (χ0) is 18.5. The molecule has 1 atom stereocenters. The highest BCUT2D eigenvalue weighted by Crippen LogP contribution is 2.28. The molecule has 0 amide bonds. The summed E-state index contributed by atoms with van der Waals surface area (Å²) >= 11 is 0. The van der Waals surface area contributed by atoms with E-state index in [9.17, 15) is 0 Å². The summed E-state index contributed by atoms with van der Waals surface area (Å²) in [5.74, 6) is 0.662. The molecule has 1 N–H and O–H groups in total. The molecule has 1 aromatic carbocycles. The summed E-state index contributed by atoms with van der Waals surface area (Å²) in [6.07, 6.45) is 14.5. The number of benzene rings is 1. The molecule has 138 valence electrons. The molecule has 1 aromatic rings. The molecule has 0 spiro atoms. The van der Waals surface area contributed by atoms with E-state index in [4.69, 9.17) is 4.99 Å². The number of nitrogens with zero attached hydrogens (tertiary/aromatic N) is 1. The highest BCUT2D eigenvalue weighted by atomic mass is 14.9. The Hall–Kier alpha value is -2.09. The Labute approximate surface area is 158 Å². The van der Waals surface area contributed by atoms with Crippen molar-refractivity contribution < 1.29 is 0 Å². The monoisotopic (exact) mass is 348 g/mol. The van der Waals surface area contributed by atoms with Gasteiger partial charge in [0, 0.05) is 17.5 Å². The number of hydrogen-bond donors (Lipinski definition) is 1. The quantitative estimate of drug-likeness (QED) is 0.617.